The van der Waals surface area contributed by atoms with E-state index < -0.39 is 30.0 Å². The minimum Gasteiger partial charge on any atom is -0.427 e. The van der Waals surface area contributed by atoms with Crippen LogP contribution in [0.4, 0.5) is 30.7 Å². The van der Waals surface area contributed by atoms with E-state index in [0.717, 1.165) is 42.7 Å². The van der Waals surface area contributed by atoms with E-state index in [1.165, 1.54) is 50.2 Å². The summed E-state index contributed by atoms with van der Waals surface area (Å²) in [5, 5.41) is 0. The largest absolute Gasteiger partial charge is 0.439 e. The van der Waals surface area contributed by atoms with Crippen LogP contribution in [0.5, 0.6) is 5.75 Å². The Morgan fingerprint density at radius 2 is 1.28 bits per heavy atom. The minimum absolute atomic E-state index is 0.345. The Labute approximate surface area is 207 Å². The molecule has 0 spiro atoms. The highest BCUT2D eigenvalue weighted by Crippen LogP contribution is 2.44. The molecule has 1 atom stereocenters. The molecule has 2 saturated carbocycles. The van der Waals surface area contributed by atoms with Gasteiger partial charge in [0.15, 0.2) is 11.6 Å². The maximum absolute atomic E-state index is 14.3. The molecule has 8 heteroatoms. The van der Waals surface area contributed by atoms with E-state index in [2.05, 4.69) is 11.7 Å². The van der Waals surface area contributed by atoms with Gasteiger partial charge in [-0.3, -0.25) is 0 Å². The average Bonchev–Trinajstić information content (AvgIpc) is 2.85. The normalized spacial score (nSPS) is 26.4. The van der Waals surface area contributed by atoms with Crippen LogP contribution in [-0.4, -0.2) is 18.5 Å². The van der Waals surface area contributed by atoms with Crippen LogP contribution in [0.1, 0.15) is 69.8 Å². The molecule has 2 aliphatic rings. The summed E-state index contributed by atoms with van der Waals surface area (Å²) in [7, 11) is 0. The van der Waals surface area contributed by atoms with Crippen molar-refractivity contribution in [2.75, 3.05) is 0 Å². The van der Waals surface area contributed by atoms with Crippen molar-refractivity contribution in [3.8, 4) is 16.9 Å². The highest BCUT2D eigenvalue weighted by Gasteiger charge is 2.59. The smallest absolute Gasteiger partial charge is 0.427 e. The van der Waals surface area contributed by atoms with Crippen LogP contribution in [0, 0.1) is 23.6 Å². The van der Waals surface area contributed by atoms with Crippen molar-refractivity contribution in [3.63, 3.8) is 0 Å². The van der Waals surface area contributed by atoms with Gasteiger partial charge in [0.25, 0.3) is 6.17 Å². The third kappa shape index (κ3) is 6.17. The molecule has 2 fully saturated rings. The first-order chi connectivity index (χ1) is 16.9. The Kier molecular flexibility index (Phi) is 7.91. The van der Waals surface area contributed by atoms with Crippen molar-refractivity contribution < 1.29 is 35.5 Å². The molecule has 0 amide bonds. The summed E-state index contributed by atoms with van der Waals surface area (Å²) in [6.45, 7) is 2.34. The van der Waals surface area contributed by atoms with Gasteiger partial charge in [-0.1, -0.05) is 50.1 Å². The predicted octanol–water partition coefficient (Wildman–Crippen LogP) is 9.46. The maximum Gasteiger partial charge on any atom is 0.439 e. The standard InChI is InChI=1S/C28H31F7O/c1-17-2-4-18(5-3-17)19-6-8-20(9-7-19)21-10-12-22(13-11-21)23-14-15-25(24(29)16-23)36-28(34,35)26(30)27(31,32)33/h10-20,26H,2-9H2,1H3. The Balaban J connectivity index is 1.37. The number of ether oxygens (including phenoxy) is 1. The summed E-state index contributed by atoms with van der Waals surface area (Å²) < 4.78 is 95.0. The van der Waals surface area contributed by atoms with Crippen LogP contribution < -0.4 is 4.74 Å². The number of hydrogen-bond acceptors (Lipinski definition) is 1. The summed E-state index contributed by atoms with van der Waals surface area (Å²) >= 11 is 0. The van der Waals surface area contributed by atoms with E-state index >= 15 is 0 Å². The van der Waals surface area contributed by atoms with Crippen molar-refractivity contribution in [2.24, 2.45) is 17.8 Å². The number of halogens is 7. The first-order valence-electron chi connectivity index (χ1n) is 12.6. The van der Waals surface area contributed by atoms with Crippen molar-refractivity contribution in [1.82, 2.24) is 0 Å². The van der Waals surface area contributed by atoms with Crippen molar-refractivity contribution in [3.05, 3.63) is 53.8 Å². The second kappa shape index (κ2) is 10.6. The molecular formula is C28H31F7O. The number of alkyl halides is 6. The van der Waals surface area contributed by atoms with E-state index in [1.807, 2.05) is 24.3 Å². The second-order valence-electron chi connectivity index (χ2n) is 10.5. The molecule has 0 aromatic heterocycles. The topological polar surface area (TPSA) is 9.23 Å². The Hall–Kier alpha value is -2.25. The summed E-state index contributed by atoms with van der Waals surface area (Å²) in [5.74, 6) is 0.530. The van der Waals surface area contributed by atoms with Crippen LogP contribution in [0.25, 0.3) is 11.1 Å². The fourth-order valence-corrected chi connectivity index (χ4v) is 5.78. The first kappa shape index (κ1) is 26.8. The highest BCUT2D eigenvalue weighted by atomic mass is 19.4. The van der Waals surface area contributed by atoms with E-state index in [9.17, 15) is 30.7 Å². The third-order valence-electron chi connectivity index (χ3n) is 7.97. The number of rotatable bonds is 6. The summed E-state index contributed by atoms with van der Waals surface area (Å²) in [5.41, 5.74) is 2.17. The number of hydrogen-bond donors (Lipinski definition) is 0. The SMILES string of the molecule is CC1CCC(C2CCC(c3ccc(-c4ccc(OC(F)(F)C(F)C(F)(F)F)c(F)c4)cc3)CC2)CC1. The van der Waals surface area contributed by atoms with Gasteiger partial charge in [0.1, 0.15) is 0 Å². The number of benzene rings is 2. The molecule has 0 heterocycles. The Morgan fingerprint density at radius 1 is 0.750 bits per heavy atom. The molecule has 4 rings (SSSR count). The van der Waals surface area contributed by atoms with Gasteiger partial charge in [-0.05, 0) is 91.0 Å². The zero-order chi connectivity index (χ0) is 26.1. The molecule has 2 aromatic rings. The molecule has 0 radical (unpaired) electrons. The molecule has 0 bridgehead atoms. The lowest BCUT2D eigenvalue weighted by Gasteiger charge is -2.37. The van der Waals surface area contributed by atoms with Gasteiger partial charge in [-0.25, -0.2) is 8.78 Å². The van der Waals surface area contributed by atoms with Crippen LogP contribution >= 0.6 is 0 Å². The molecule has 2 aliphatic carbocycles. The third-order valence-corrected chi connectivity index (χ3v) is 7.97. The van der Waals surface area contributed by atoms with Gasteiger partial charge < -0.3 is 4.74 Å². The van der Waals surface area contributed by atoms with Gasteiger partial charge in [-0.2, -0.15) is 22.0 Å². The summed E-state index contributed by atoms with van der Waals surface area (Å²) in [4.78, 5) is 0. The zero-order valence-corrected chi connectivity index (χ0v) is 20.1. The fourth-order valence-electron chi connectivity index (χ4n) is 5.78. The van der Waals surface area contributed by atoms with Crippen molar-refractivity contribution in [2.45, 2.75) is 82.7 Å². The first-order valence-corrected chi connectivity index (χ1v) is 12.6. The monoisotopic (exact) mass is 516 g/mol. The van der Waals surface area contributed by atoms with E-state index in [4.69, 9.17) is 0 Å². The second-order valence-corrected chi connectivity index (χ2v) is 10.5. The van der Waals surface area contributed by atoms with Crippen molar-refractivity contribution in [1.29, 1.82) is 0 Å². The quantitative estimate of drug-likeness (QED) is 0.348. The average molecular weight is 517 g/mol. The van der Waals surface area contributed by atoms with Gasteiger partial charge in [0, 0.05) is 0 Å². The molecule has 2 aromatic carbocycles. The molecule has 198 valence electrons. The van der Waals surface area contributed by atoms with Crippen molar-refractivity contribution >= 4 is 0 Å². The molecule has 0 N–H and O–H groups in total. The lowest BCUT2D eigenvalue weighted by atomic mass is 9.68. The molecule has 1 nitrogen and oxygen atoms in total. The predicted molar refractivity (Wildman–Crippen MR) is 124 cm³/mol. The molecule has 36 heavy (non-hydrogen) atoms. The lowest BCUT2D eigenvalue weighted by molar-refractivity contribution is -0.305. The van der Waals surface area contributed by atoms with Crippen LogP contribution in [0.3, 0.4) is 0 Å². The molecule has 1 unspecified atom stereocenters. The van der Waals surface area contributed by atoms with Gasteiger partial charge in [-0.15, -0.1) is 0 Å². The maximum atomic E-state index is 14.3. The Morgan fingerprint density at radius 3 is 1.81 bits per heavy atom. The van der Waals surface area contributed by atoms with Crippen LogP contribution in [-0.2, 0) is 0 Å². The van der Waals surface area contributed by atoms with Gasteiger partial charge >= 0.3 is 12.3 Å². The molecule has 0 aliphatic heterocycles. The van der Waals surface area contributed by atoms with Gasteiger partial charge in [0.2, 0.25) is 0 Å². The van der Waals surface area contributed by atoms with Gasteiger partial charge in [0.05, 0.1) is 0 Å². The van der Waals surface area contributed by atoms with E-state index in [1.54, 1.807) is 0 Å². The van der Waals surface area contributed by atoms with Crippen LogP contribution in [0.2, 0.25) is 0 Å². The Bertz CT molecular complexity index is 1000. The zero-order valence-electron chi connectivity index (χ0n) is 20.1. The summed E-state index contributed by atoms with van der Waals surface area (Å²) in [6.07, 6.45) is -5.55. The van der Waals surface area contributed by atoms with E-state index in [-0.39, 0.29) is 0 Å². The van der Waals surface area contributed by atoms with Crippen LogP contribution in [0.15, 0.2) is 42.5 Å². The summed E-state index contributed by atoms with van der Waals surface area (Å²) in [6, 6.07) is 10.5. The fraction of sp³-hybridized carbons (Fsp3) is 0.571. The minimum atomic E-state index is -5.84. The lowest BCUT2D eigenvalue weighted by Crippen LogP contribution is -2.45. The molecular weight excluding hydrogens is 485 g/mol. The van der Waals surface area contributed by atoms with E-state index in [0.29, 0.717) is 17.0 Å². The highest BCUT2D eigenvalue weighted by molar-refractivity contribution is 5.64. The molecule has 0 saturated heterocycles.